The molecule has 0 aliphatic heterocycles. The quantitative estimate of drug-likeness (QED) is 0.841. The highest BCUT2D eigenvalue weighted by atomic mass is 35.5. The highest BCUT2D eigenvalue weighted by Crippen LogP contribution is 2.28. The number of hydrogen-bond donors (Lipinski definition) is 1. The number of anilines is 1. The monoisotopic (exact) mass is 272 g/mol. The average molecular weight is 273 g/mol. The highest BCUT2D eigenvalue weighted by Gasteiger charge is 2.27. The maximum atomic E-state index is 8.96. The number of aliphatic hydroxyl groups excluding tert-OH is 1. The fourth-order valence-corrected chi connectivity index (χ4v) is 2.07. The lowest BCUT2D eigenvalue weighted by Crippen LogP contribution is -2.42. The first kappa shape index (κ1) is 13.3. The molecule has 2 rings (SSSR count). The van der Waals surface area contributed by atoms with Crippen LogP contribution < -0.4 is 9.64 Å². The van der Waals surface area contributed by atoms with Crippen LogP contribution in [0.1, 0.15) is 25.7 Å². The minimum atomic E-state index is 0.130. The SMILES string of the molecule is COc1nc(Cl)nc(N(CCCO)C2CCC2)n1. The molecule has 0 radical (unpaired) electrons. The van der Waals surface area contributed by atoms with E-state index in [9.17, 15) is 0 Å². The first-order chi connectivity index (χ1) is 8.74. The average Bonchev–Trinajstić information content (AvgIpc) is 2.31. The Hall–Kier alpha value is -1.14. The van der Waals surface area contributed by atoms with Gasteiger partial charge in [0.25, 0.3) is 0 Å². The number of rotatable bonds is 6. The Morgan fingerprint density at radius 1 is 1.39 bits per heavy atom. The second-order valence-corrected chi connectivity index (χ2v) is 4.58. The molecule has 100 valence electrons. The van der Waals surface area contributed by atoms with Crippen molar-refractivity contribution in [1.29, 1.82) is 0 Å². The summed E-state index contributed by atoms with van der Waals surface area (Å²) in [5, 5.41) is 9.09. The van der Waals surface area contributed by atoms with Gasteiger partial charge >= 0.3 is 6.01 Å². The molecule has 18 heavy (non-hydrogen) atoms. The number of aromatic nitrogens is 3. The highest BCUT2D eigenvalue weighted by molar-refractivity contribution is 6.28. The smallest absolute Gasteiger partial charge is 0.322 e. The van der Waals surface area contributed by atoms with Crippen molar-refractivity contribution in [1.82, 2.24) is 15.0 Å². The molecular weight excluding hydrogens is 256 g/mol. The van der Waals surface area contributed by atoms with E-state index in [4.69, 9.17) is 21.4 Å². The number of nitrogens with zero attached hydrogens (tertiary/aromatic N) is 4. The van der Waals surface area contributed by atoms with Crippen LogP contribution >= 0.6 is 11.6 Å². The van der Waals surface area contributed by atoms with Gasteiger partial charge in [0, 0.05) is 19.2 Å². The standard InChI is InChI=1S/C11H17ClN4O2/c1-18-11-14-9(12)13-10(15-11)16(6-3-7-17)8-4-2-5-8/h8,17H,2-7H2,1H3. The summed E-state index contributed by atoms with van der Waals surface area (Å²) in [6, 6.07) is 0.651. The lowest BCUT2D eigenvalue weighted by molar-refractivity contribution is 0.282. The Balaban J connectivity index is 2.19. The van der Waals surface area contributed by atoms with Crippen molar-refractivity contribution in [3.05, 3.63) is 5.28 Å². The third-order valence-corrected chi connectivity index (χ3v) is 3.26. The number of ether oxygens (including phenoxy) is 1. The zero-order valence-electron chi connectivity index (χ0n) is 10.3. The molecule has 1 fully saturated rings. The Bertz CT molecular complexity index is 401. The molecule has 1 aliphatic rings. The van der Waals surface area contributed by atoms with E-state index in [-0.39, 0.29) is 17.9 Å². The molecule has 0 unspecified atom stereocenters. The second kappa shape index (κ2) is 6.15. The molecule has 6 nitrogen and oxygen atoms in total. The van der Waals surface area contributed by atoms with Crippen LogP contribution in [-0.4, -0.2) is 46.4 Å². The molecule has 7 heteroatoms. The van der Waals surface area contributed by atoms with Gasteiger partial charge in [-0.3, -0.25) is 0 Å². The van der Waals surface area contributed by atoms with Gasteiger partial charge in [-0.25, -0.2) is 0 Å². The van der Waals surface area contributed by atoms with Crippen LogP contribution in [-0.2, 0) is 0 Å². The van der Waals surface area contributed by atoms with E-state index in [2.05, 4.69) is 19.9 Å². The Kier molecular flexibility index (Phi) is 4.54. The molecule has 0 atom stereocenters. The van der Waals surface area contributed by atoms with Gasteiger partial charge in [0.15, 0.2) is 0 Å². The van der Waals surface area contributed by atoms with E-state index in [1.54, 1.807) is 0 Å². The molecule has 1 aromatic rings. The Morgan fingerprint density at radius 2 is 2.17 bits per heavy atom. The van der Waals surface area contributed by atoms with Gasteiger partial charge in [-0.1, -0.05) is 0 Å². The zero-order chi connectivity index (χ0) is 13.0. The lowest BCUT2D eigenvalue weighted by Gasteiger charge is -2.37. The van der Waals surface area contributed by atoms with Gasteiger partial charge in [0.05, 0.1) is 7.11 Å². The molecule has 0 saturated heterocycles. The Morgan fingerprint density at radius 3 is 2.72 bits per heavy atom. The van der Waals surface area contributed by atoms with Crippen LogP contribution in [0.2, 0.25) is 5.28 Å². The topological polar surface area (TPSA) is 71.4 Å². The van der Waals surface area contributed by atoms with E-state index < -0.39 is 0 Å². The molecule has 1 aliphatic carbocycles. The van der Waals surface area contributed by atoms with E-state index in [0.717, 1.165) is 12.8 Å². The van der Waals surface area contributed by atoms with Crippen molar-refractivity contribution < 1.29 is 9.84 Å². The summed E-state index contributed by atoms with van der Waals surface area (Å²) in [6.07, 6.45) is 4.15. The molecule has 1 aromatic heterocycles. The predicted octanol–water partition coefficient (Wildman–Crippen LogP) is 1.27. The minimum Gasteiger partial charge on any atom is -0.467 e. The van der Waals surface area contributed by atoms with Gasteiger partial charge in [-0.15, -0.1) is 0 Å². The first-order valence-corrected chi connectivity index (χ1v) is 6.45. The van der Waals surface area contributed by atoms with Crippen LogP contribution in [0, 0.1) is 0 Å². The van der Waals surface area contributed by atoms with Crippen LogP contribution in [0.5, 0.6) is 6.01 Å². The van der Waals surface area contributed by atoms with Gasteiger partial charge in [0.1, 0.15) is 0 Å². The fraction of sp³-hybridized carbons (Fsp3) is 0.727. The van der Waals surface area contributed by atoms with Crippen LogP contribution in [0.15, 0.2) is 0 Å². The van der Waals surface area contributed by atoms with Crippen molar-refractivity contribution in [3.8, 4) is 6.01 Å². The summed E-state index contributed by atoms with van der Waals surface area (Å²) < 4.78 is 5.00. The van der Waals surface area contributed by atoms with Gasteiger partial charge in [-0.2, -0.15) is 15.0 Å². The van der Waals surface area contributed by atoms with Crippen molar-refractivity contribution in [3.63, 3.8) is 0 Å². The lowest BCUT2D eigenvalue weighted by atomic mass is 9.91. The zero-order valence-corrected chi connectivity index (χ0v) is 11.1. The molecule has 0 aromatic carbocycles. The molecule has 0 spiro atoms. The fourth-order valence-electron chi connectivity index (χ4n) is 1.93. The molecular formula is C11H17ClN4O2. The second-order valence-electron chi connectivity index (χ2n) is 4.25. The molecule has 1 N–H and O–H groups in total. The van der Waals surface area contributed by atoms with Gasteiger partial charge in [-0.05, 0) is 37.3 Å². The summed E-state index contributed by atoms with van der Waals surface area (Å²) in [7, 11) is 1.50. The molecule has 0 bridgehead atoms. The number of aliphatic hydroxyl groups is 1. The normalized spacial score (nSPS) is 15.3. The molecule has 0 amide bonds. The molecule has 1 saturated carbocycles. The number of halogens is 1. The van der Waals surface area contributed by atoms with Gasteiger partial charge in [0.2, 0.25) is 11.2 Å². The first-order valence-electron chi connectivity index (χ1n) is 6.07. The van der Waals surface area contributed by atoms with Gasteiger partial charge < -0.3 is 14.7 Å². The molecule has 1 heterocycles. The van der Waals surface area contributed by atoms with E-state index >= 15 is 0 Å². The Labute approximate surface area is 111 Å². The van der Waals surface area contributed by atoms with Crippen molar-refractivity contribution in [2.45, 2.75) is 31.7 Å². The van der Waals surface area contributed by atoms with Crippen molar-refractivity contribution in [2.75, 3.05) is 25.2 Å². The largest absolute Gasteiger partial charge is 0.467 e. The van der Waals surface area contributed by atoms with Crippen LogP contribution in [0.25, 0.3) is 0 Å². The summed E-state index contributed by atoms with van der Waals surface area (Å²) >= 11 is 5.85. The summed E-state index contributed by atoms with van der Waals surface area (Å²) in [5.74, 6) is 0.532. The number of hydrogen-bond acceptors (Lipinski definition) is 6. The minimum absolute atomic E-state index is 0.130. The summed E-state index contributed by atoms with van der Waals surface area (Å²) in [5.41, 5.74) is 0. The predicted molar refractivity (Wildman–Crippen MR) is 68.1 cm³/mol. The van der Waals surface area contributed by atoms with Crippen LogP contribution in [0.4, 0.5) is 5.95 Å². The van der Waals surface area contributed by atoms with E-state index in [1.807, 2.05) is 0 Å². The van der Waals surface area contributed by atoms with Crippen LogP contribution in [0.3, 0.4) is 0 Å². The maximum Gasteiger partial charge on any atom is 0.322 e. The number of methoxy groups -OCH3 is 1. The summed E-state index contributed by atoms with van der Waals surface area (Å²) in [6.45, 7) is 0.865. The third-order valence-electron chi connectivity index (χ3n) is 3.09. The maximum absolute atomic E-state index is 8.96. The van der Waals surface area contributed by atoms with Crippen molar-refractivity contribution >= 4 is 17.5 Å². The van der Waals surface area contributed by atoms with Crippen molar-refractivity contribution in [2.24, 2.45) is 0 Å². The summed E-state index contributed by atoms with van der Waals surface area (Å²) in [4.78, 5) is 14.3. The third kappa shape index (κ3) is 3.00. The van der Waals surface area contributed by atoms with E-state index in [1.165, 1.54) is 13.5 Å². The van der Waals surface area contributed by atoms with E-state index in [0.29, 0.717) is 25.0 Å².